The van der Waals surface area contributed by atoms with Crippen LogP contribution in [0.15, 0.2) is 35.1 Å². The molecule has 1 N–H and O–H groups in total. The molecule has 1 aromatic heterocycles. The molecule has 7 nitrogen and oxygen atoms in total. The minimum Gasteiger partial charge on any atom is -0.463 e. The van der Waals surface area contributed by atoms with Gasteiger partial charge in [0.05, 0.1) is 23.8 Å². The molecule has 2 rings (SSSR count). The minimum absolute atomic E-state index is 0.113. The van der Waals surface area contributed by atoms with Crippen molar-refractivity contribution in [2.45, 2.75) is 39.5 Å². The van der Waals surface area contributed by atoms with E-state index < -0.39 is 34.7 Å². The Kier molecular flexibility index (Phi) is 6.78. The summed E-state index contributed by atoms with van der Waals surface area (Å²) in [5, 5.41) is 6.19. The van der Waals surface area contributed by atoms with Crippen LogP contribution in [0.2, 0.25) is 0 Å². The number of alkyl halides is 3. The zero-order chi connectivity index (χ0) is 21.8. The molecule has 0 radical (unpaired) electrons. The SMILES string of the molecule is Cc1cc(=O)c(C(=O)NCCC(=O)OC(C)C)nn1-c1ccccc1C(F)(F)F. The summed E-state index contributed by atoms with van der Waals surface area (Å²) in [6, 6.07) is 5.73. The number of carbonyl (C=O) groups excluding carboxylic acids is 2. The molecule has 0 bridgehead atoms. The summed E-state index contributed by atoms with van der Waals surface area (Å²) in [6.07, 6.45) is -5.08. The topological polar surface area (TPSA) is 90.3 Å². The highest BCUT2D eigenvalue weighted by Crippen LogP contribution is 2.33. The first-order valence-corrected chi connectivity index (χ1v) is 8.76. The van der Waals surface area contributed by atoms with Gasteiger partial charge in [-0.05, 0) is 32.9 Å². The van der Waals surface area contributed by atoms with Gasteiger partial charge in [0.15, 0.2) is 5.69 Å². The van der Waals surface area contributed by atoms with Gasteiger partial charge >= 0.3 is 12.1 Å². The van der Waals surface area contributed by atoms with Gasteiger partial charge in [0.25, 0.3) is 5.91 Å². The molecule has 1 aromatic carbocycles. The molecule has 2 aromatic rings. The monoisotopic (exact) mass is 411 g/mol. The number of benzene rings is 1. The van der Waals surface area contributed by atoms with Crippen molar-refractivity contribution in [3.63, 3.8) is 0 Å². The number of nitrogens with zero attached hydrogens (tertiary/aromatic N) is 2. The first-order chi connectivity index (χ1) is 13.5. The van der Waals surface area contributed by atoms with Crippen molar-refractivity contribution in [1.29, 1.82) is 0 Å². The Hall–Kier alpha value is -3.17. The number of ether oxygens (including phenoxy) is 1. The molecular formula is C19H20F3N3O4. The van der Waals surface area contributed by atoms with Crippen molar-refractivity contribution in [3.05, 3.63) is 57.5 Å². The summed E-state index contributed by atoms with van der Waals surface area (Å²) >= 11 is 0. The van der Waals surface area contributed by atoms with Crippen LogP contribution in [0.5, 0.6) is 0 Å². The zero-order valence-corrected chi connectivity index (χ0v) is 16.0. The Morgan fingerprint density at radius 2 is 1.90 bits per heavy atom. The van der Waals surface area contributed by atoms with Gasteiger partial charge < -0.3 is 10.1 Å². The maximum Gasteiger partial charge on any atom is 0.418 e. The molecule has 10 heteroatoms. The van der Waals surface area contributed by atoms with E-state index in [4.69, 9.17) is 4.74 Å². The van der Waals surface area contributed by atoms with Crippen LogP contribution < -0.4 is 10.7 Å². The third-order valence-electron chi connectivity index (χ3n) is 3.74. The van der Waals surface area contributed by atoms with Crippen LogP contribution in [0.25, 0.3) is 5.69 Å². The zero-order valence-electron chi connectivity index (χ0n) is 16.0. The number of esters is 1. The van der Waals surface area contributed by atoms with Gasteiger partial charge in [0.2, 0.25) is 5.43 Å². The molecule has 0 fully saturated rings. The molecule has 0 atom stereocenters. The fourth-order valence-corrected chi connectivity index (χ4v) is 2.53. The van der Waals surface area contributed by atoms with E-state index in [-0.39, 0.29) is 30.5 Å². The van der Waals surface area contributed by atoms with Crippen LogP contribution >= 0.6 is 0 Å². The Morgan fingerprint density at radius 1 is 1.24 bits per heavy atom. The van der Waals surface area contributed by atoms with Crippen LogP contribution in [-0.2, 0) is 15.7 Å². The minimum atomic E-state index is -4.65. The Morgan fingerprint density at radius 3 is 2.52 bits per heavy atom. The van der Waals surface area contributed by atoms with Gasteiger partial charge in [-0.25, -0.2) is 4.68 Å². The van der Waals surface area contributed by atoms with E-state index in [0.717, 1.165) is 16.8 Å². The van der Waals surface area contributed by atoms with Crippen LogP contribution in [0.3, 0.4) is 0 Å². The first-order valence-electron chi connectivity index (χ1n) is 8.76. The molecule has 0 aliphatic carbocycles. The van der Waals surface area contributed by atoms with Crippen molar-refractivity contribution in [1.82, 2.24) is 15.1 Å². The summed E-state index contributed by atoms with van der Waals surface area (Å²) < 4.78 is 45.7. The number of para-hydroxylation sites is 1. The Bertz CT molecular complexity index is 968. The van der Waals surface area contributed by atoms with Crippen molar-refractivity contribution >= 4 is 11.9 Å². The second-order valence-electron chi connectivity index (χ2n) is 6.47. The fraction of sp³-hybridized carbons (Fsp3) is 0.368. The summed E-state index contributed by atoms with van der Waals surface area (Å²) in [5.74, 6) is -1.43. The third kappa shape index (κ3) is 5.66. The quantitative estimate of drug-likeness (QED) is 0.738. The van der Waals surface area contributed by atoms with E-state index in [1.165, 1.54) is 25.1 Å². The predicted octanol–water partition coefficient (Wildman–Crippen LogP) is 2.63. The molecule has 0 aliphatic heterocycles. The lowest BCUT2D eigenvalue weighted by molar-refractivity contribution is -0.147. The molecule has 156 valence electrons. The lowest BCUT2D eigenvalue weighted by atomic mass is 10.1. The number of nitrogens with one attached hydrogen (secondary N) is 1. The number of hydrogen-bond acceptors (Lipinski definition) is 5. The largest absolute Gasteiger partial charge is 0.463 e. The van der Waals surface area contributed by atoms with Crippen LogP contribution in [0.4, 0.5) is 13.2 Å². The second kappa shape index (κ2) is 8.89. The predicted molar refractivity (Wildman–Crippen MR) is 97.8 cm³/mol. The van der Waals surface area contributed by atoms with Gasteiger partial charge in [-0.3, -0.25) is 14.4 Å². The van der Waals surface area contributed by atoms with E-state index in [1.54, 1.807) is 13.8 Å². The van der Waals surface area contributed by atoms with Crippen LogP contribution in [0.1, 0.15) is 42.0 Å². The van der Waals surface area contributed by atoms with Crippen LogP contribution in [-0.4, -0.2) is 34.3 Å². The van der Waals surface area contributed by atoms with Crippen molar-refractivity contribution in [3.8, 4) is 5.69 Å². The van der Waals surface area contributed by atoms with Crippen molar-refractivity contribution in [2.75, 3.05) is 6.54 Å². The van der Waals surface area contributed by atoms with Gasteiger partial charge in [0.1, 0.15) is 0 Å². The fourth-order valence-electron chi connectivity index (χ4n) is 2.53. The highest BCUT2D eigenvalue weighted by molar-refractivity contribution is 5.92. The maximum atomic E-state index is 13.3. The van der Waals surface area contributed by atoms with Gasteiger partial charge in [-0.15, -0.1) is 0 Å². The maximum absolute atomic E-state index is 13.3. The molecule has 0 saturated carbocycles. The van der Waals surface area contributed by atoms with Gasteiger partial charge in [-0.1, -0.05) is 12.1 Å². The lowest BCUT2D eigenvalue weighted by Gasteiger charge is -2.16. The molecule has 29 heavy (non-hydrogen) atoms. The average molecular weight is 411 g/mol. The van der Waals surface area contributed by atoms with Crippen molar-refractivity contribution < 1.29 is 27.5 Å². The average Bonchev–Trinajstić information content (AvgIpc) is 2.60. The van der Waals surface area contributed by atoms with Gasteiger partial charge in [-0.2, -0.15) is 18.3 Å². The lowest BCUT2D eigenvalue weighted by Crippen LogP contribution is -2.33. The number of aryl methyl sites for hydroxylation is 1. The molecule has 0 spiro atoms. The third-order valence-corrected chi connectivity index (χ3v) is 3.74. The standard InChI is InChI=1S/C19H20F3N3O4/c1-11(2)29-16(27)8-9-23-18(28)17-15(26)10-12(3)25(24-17)14-7-5-4-6-13(14)19(20,21)22/h4-7,10-11H,8-9H2,1-3H3,(H,23,28). The highest BCUT2D eigenvalue weighted by atomic mass is 19.4. The second-order valence-corrected chi connectivity index (χ2v) is 6.47. The Labute approximate surface area is 164 Å². The van der Waals surface area contributed by atoms with E-state index in [0.29, 0.717) is 0 Å². The number of amides is 1. The summed E-state index contributed by atoms with van der Waals surface area (Å²) in [7, 11) is 0. The molecule has 0 saturated heterocycles. The molecule has 0 aliphatic rings. The first kappa shape index (κ1) is 22.1. The summed E-state index contributed by atoms with van der Waals surface area (Å²) in [4.78, 5) is 35.9. The number of hydrogen-bond donors (Lipinski definition) is 1. The Balaban J connectivity index is 2.30. The van der Waals surface area contributed by atoms with E-state index >= 15 is 0 Å². The number of halogens is 3. The summed E-state index contributed by atoms with van der Waals surface area (Å²) in [6.45, 7) is 4.64. The molecule has 1 amide bonds. The normalized spacial score (nSPS) is 11.4. The number of aromatic nitrogens is 2. The number of rotatable bonds is 6. The van der Waals surface area contributed by atoms with E-state index in [1.807, 2.05) is 0 Å². The molecule has 0 unspecified atom stereocenters. The van der Waals surface area contributed by atoms with E-state index in [9.17, 15) is 27.6 Å². The van der Waals surface area contributed by atoms with Crippen molar-refractivity contribution in [2.24, 2.45) is 0 Å². The number of carbonyl (C=O) groups is 2. The smallest absolute Gasteiger partial charge is 0.418 e. The molecular weight excluding hydrogens is 391 g/mol. The summed E-state index contributed by atoms with van der Waals surface area (Å²) in [5.41, 5.74) is -2.46. The van der Waals surface area contributed by atoms with E-state index in [2.05, 4.69) is 10.4 Å². The highest BCUT2D eigenvalue weighted by Gasteiger charge is 2.34. The van der Waals surface area contributed by atoms with Crippen LogP contribution in [0, 0.1) is 6.92 Å². The van der Waals surface area contributed by atoms with Gasteiger partial charge in [0, 0.05) is 18.3 Å². The molecule has 1 heterocycles.